The quantitative estimate of drug-likeness (QED) is 0.0322. The van der Waals surface area contributed by atoms with Gasteiger partial charge in [0.05, 0.1) is 25.2 Å². The van der Waals surface area contributed by atoms with Crippen LogP contribution in [0.5, 0.6) is 0 Å². The van der Waals surface area contributed by atoms with Crippen LogP contribution in [0, 0.1) is 0 Å². The lowest BCUT2D eigenvalue weighted by atomic mass is 10.0. The standard InChI is InChI=1S/C59H95NO5/c1-4-7-10-13-16-19-22-24-26-28-29-31-33-35-37-40-43-46-49-52-59(64)65-55(50-47-44-41-38-36-34-32-30-27-25-23-20-17-14-11-8-5-2)53-58(63)60-56(54-61)57(62)51-48-45-42-39-21-18-15-12-9-6-3/h7-8,10-11,16-17,19-20,24-27,29,31-32,34-35,37-38,41,43,46,55-57,61-62H,4-6,9,12-15,18,21-23,28,30,33,36,39-40,42,44-45,47-54H2,1-3H3,(H,60,63)/b10-7-,11-8-,19-16-,20-17-,26-24-,27-25-,31-29-,34-32-,37-35-,41-38-,46-43-. The lowest BCUT2D eigenvalue weighted by molar-refractivity contribution is -0.150. The molecular formula is C59H95NO5. The van der Waals surface area contributed by atoms with E-state index in [1.54, 1.807) is 0 Å². The Kier molecular flexibility index (Phi) is 47.9. The first-order valence-electron chi connectivity index (χ1n) is 25.9. The van der Waals surface area contributed by atoms with Gasteiger partial charge in [-0.05, 0) is 103 Å². The predicted molar refractivity (Wildman–Crippen MR) is 282 cm³/mol. The number of carbonyl (C=O) groups is 2. The molecule has 0 aromatic carbocycles. The van der Waals surface area contributed by atoms with Crippen LogP contribution in [-0.4, -0.2) is 46.9 Å². The van der Waals surface area contributed by atoms with Crippen molar-refractivity contribution in [2.75, 3.05) is 6.61 Å². The summed E-state index contributed by atoms with van der Waals surface area (Å²) in [4.78, 5) is 26.1. The lowest BCUT2D eigenvalue weighted by Gasteiger charge is -2.24. The van der Waals surface area contributed by atoms with Crippen molar-refractivity contribution in [2.24, 2.45) is 0 Å². The van der Waals surface area contributed by atoms with E-state index in [9.17, 15) is 19.8 Å². The van der Waals surface area contributed by atoms with Crippen molar-refractivity contribution >= 4 is 11.9 Å². The van der Waals surface area contributed by atoms with E-state index in [1.807, 2.05) is 6.08 Å². The molecule has 0 fully saturated rings. The summed E-state index contributed by atoms with van der Waals surface area (Å²) in [6.45, 7) is 6.19. The van der Waals surface area contributed by atoms with Gasteiger partial charge in [0.15, 0.2) is 0 Å². The van der Waals surface area contributed by atoms with E-state index >= 15 is 0 Å². The number of nitrogens with one attached hydrogen (secondary N) is 1. The van der Waals surface area contributed by atoms with Crippen molar-refractivity contribution < 1.29 is 24.5 Å². The molecular weight excluding hydrogens is 803 g/mol. The summed E-state index contributed by atoms with van der Waals surface area (Å²) in [6.07, 6.45) is 72.4. The average Bonchev–Trinajstić information content (AvgIpc) is 3.30. The van der Waals surface area contributed by atoms with Crippen molar-refractivity contribution in [1.82, 2.24) is 5.32 Å². The number of ether oxygens (including phenoxy) is 1. The molecule has 6 nitrogen and oxygen atoms in total. The molecule has 0 radical (unpaired) electrons. The van der Waals surface area contributed by atoms with Crippen LogP contribution in [0.25, 0.3) is 0 Å². The van der Waals surface area contributed by atoms with Gasteiger partial charge in [-0.15, -0.1) is 0 Å². The monoisotopic (exact) mass is 898 g/mol. The molecule has 366 valence electrons. The smallest absolute Gasteiger partial charge is 0.306 e. The van der Waals surface area contributed by atoms with Gasteiger partial charge in [-0.1, -0.05) is 219 Å². The molecule has 0 saturated carbocycles. The highest BCUT2D eigenvalue weighted by Gasteiger charge is 2.23. The maximum atomic E-state index is 13.2. The number of aliphatic hydroxyl groups is 2. The van der Waals surface area contributed by atoms with Gasteiger partial charge in [0, 0.05) is 6.42 Å². The van der Waals surface area contributed by atoms with Crippen LogP contribution >= 0.6 is 0 Å². The number of hydrogen-bond acceptors (Lipinski definition) is 5. The minimum absolute atomic E-state index is 0.00120. The van der Waals surface area contributed by atoms with Gasteiger partial charge in [0.25, 0.3) is 0 Å². The first-order valence-corrected chi connectivity index (χ1v) is 25.9. The number of carbonyl (C=O) groups excluding carboxylic acids is 2. The number of amides is 1. The minimum atomic E-state index is -0.823. The Balaban J connectivity index is 4.85. The third-order valence-electron chi connectivity index (χ3n) is 10.7. The Morgan fingerprint density at radius 1 is 0.462 bits per heavy atom. The number of aliphatic hydroxyl groups excluding tert-OH is 2. The van der Waals surface area contributed by atoms with E-state index in [0.29, 0.717) is 19.3 Å². The number of unbranched alkanes of at least 4 members (excludes halogenated alkanes) is 10. The SMILES string of the molecule is CC/C=C\C/C=C\C/C=C\C/C=C\C/C=C\C/C=C\CCC(=O)OC(CCC/C=C\C/C=C\C/C=C\C/C=C\C/C=C\CC)CC(=O)NC(CO)C(O)CCCCCCCCCCCC. The fraction of sp³-hybridized carbons (Fsp3) is 0.593. The molecule has 3 unspecified atom stereocenters. The van der Waals surface area contributed by atoms with Crippen molar-refractivity contribution in [3.63, 3.8) is 0 Å². The Hall–Kier alpha value is -4.00. The van der Waals surface area contributed by atoms with E-state index in [4.69, 9.17) is 4.74 Å². The van der Waals surface area contributed by atoms with E-state index in [2.05, 4.69) is 154 Å². The van der Waals surface area contributed by atoms with Crippen LogP contribution in [0.4, 0.5) is 0 Å². The third kappa shape index (κ3) is 46.3. The maximum Gasteiger partial charge on any atom is 0.306 e. The second-order valence-corrected chi connectivity index (χ2v) is 16.8. The molecule has 65 heavy (non-hydrogen) atoms. The van der Waals surface area contributed by atoms with Crippen molar-refractivity contribution in [2.45, 2.75) is 219 Å². The number of esters is 1. The van der Waals surface area contributed by atoms with Crippen molar-refractivity contribution in [1.29, 1.82) is 0 Å². The minimum Gasteiger partial charge on any atom is -0.462 e. The normalized spacial score (nSPS) is 14.4. The van der Waals surface area contributed by atoms with Gasteiger partial charge >= 0.3 is 5.97 Å². The van der Waals surface area contributed by atoms with E-state index < -0.39 is 18.2 Å². The van der Waals surface area contributed by atoms with Crippen LogP contribution < -0.4 is 5.32 Å². The van der Waals surface area contributed by atoms with Crippen LogP contribution in [-0.2, 0) is 14.3 Å². The second kappa shape index (κ2) is 51.0. The fourth-order valence-electron chi connectivity index (χ4n) is 6.90. The number of rotatable bonds is 44. The molecule has 0 saturated heterocycles. The van der Waals surface area contributed by atoms with Gasteiger partial charge in [0.2, 0.25) is 5.91 Å². The van der Waals surface area contributed by atoms with E-state index in [1.165, 1.54) is 44.9 Å². The van der Waals surface area contributed by atoms with Gasteiger partial charge in [0.1, 0.15) is 6.10 Å². The molecule has 0 aliphatic carbocycles. The van der Waals surface area contributed by atoms with E-state index in [-0.39, 0.29) is 31.3 Å². The number of hydrogen-bond donors (Lipinski definition) is 3. The molecule has 3 N–H and O–H groups in total. The highest BCUT2D eigenvalue weighted by Crippen LogP contribution is 2.15. The zero-order valence-electron chi connectivity index (χ0n) is 41.6. The summed E-state index contributed by atoms with van der Waals surface area (Å²) in [7, 11) is 0. The number of allylic oxidation sites excluding steroid dienone is 22. The highest BCUT2D eigenvalue weighted by molar-refractivity contribution is 5.77. The van der Waals surface area contributed by atoms with Gasteiger partial charge in [-0.3, -0.25) is 9.59 Å². The molecule has 6 heteroatoms. The van der Waals surface area contributed by atoms with Crippen LogP contribution in [0.3, 0.4) is 0 Å². The molecule has 1 amide bonds. The Morgan fingerprint density at radius 3 is 1.23 bits per heavy atom. The second-order valence-electron chi connectivity index (χ2n) is 16.8. The van der Waals surface area contributed by atoms with Crippen molar-refractivity contribution in [3.8, 4) is 0 Å². The van der Waals surface area contributed by atoms with Crippen LogP contribution in [0.2, 0.25) is 0 Å². The topological polar surface area (TPSA) is 95.9 Å². The molecule has 0 aliphatic heterocycles. The Morgan fingerprint density at radius 2 is 0.831 bits per heavy atom. The summed E-state index contributed by atoms with van der Waals surface area (Å²) in [6, 6.07) is -0.744. The summed E-state index contributed by atoms with van der Waals surface area (Å²) < 4.78 is 5.86. The molecule has 0 bridgehead atoms. The molecule has 0 rings (SSSR count). The van der Waals surface area contributed by atoms with Gasteiger partial charge in [-0.25, -0.2) is 0 Å². The van der Waals surface area contributed by atoms with Gasteiger partial charge < -0.3 is 20.3 Å². The van der Waals surface area contributed by atoms with Gasteiger partial charge in [-0.2, -0.15) is 0 Å². The van der Waals surface area contributed by atoms with Crippen molar-refractivity contribution in [3.05, 3.63) is 134 Å². The largest absolute Gasteiger partial charge is 0.462 e. The Bertz CT molecular complexity index is 1420. The zero-order chi connectivity index (χ0) is 47.4. The summed E-state index contributed by atoms with van der Waals surface area (Å²) >= 11 is 0. The maximum absolute atomic E-state index is 13.2. The summed E-state index contributed by atoms with van der Waals surface area (Å²) in [5.74, 6) is -0.646. The lowest BCUT2D eigenvalue weighted by Crippen LogP contribution is -2.46. The highest BCUT2D eigenvalue weighted by atomic mass is 16.5. The summed E-state index contributed by atoms with van der Waals surface area (Å²) in [5.41, 5.74) is 0. The first-order chi connectivity index (χ1) is 32.0. The first kappa shape index (κ1) is 61.0. The molecule has 0 spiro atoms. The Labute approximate surface area is 399 Å². The zero-order valence-corrected chi connectivity index (χ0v) is 41.6. The van der Waals surface area contributed by atoms with E-state index in [0.717, 1.165) is 103 Å². The molecule has 0 aromatic heterocycles. The van der Waals surface area contributed by atoms with Crippen LogP contribution in [0.1, 0.15) is 201 Å². The fourth-order valence-corrected chi connectivity index (χ4v) is 6.90. The molecule has 3 atom stereocenters. The molecule has 0 aromatic rings. The molecule has 0 heterocycles. The third-order valence-corrected chi connectivity index (χ3v) is 10.7. The summed E-state index contributed by atoms with van der Waals surface area (Å²) in [5, 5.41) is 23.7. The predicted octanol–water partition coefficient (Wildman–Crippen LogP) is 15.8. The molecule has 0 aliphatic rings. The van der Waals surface area contributed by atoms with Crippen LogP contribution in [0.15, 0.2) is 134 Å². The average molecular weight is 898 g/mol.